The summed E-state index contributed by atoms with van der Waals surface area (Å²) in [5.74, 6) is 0. The normalized spacial score (nSPS) is 18.4. The molecule has 0 spiro atoms. The summed E-state index contributed by atoms with van der Waals surface area (Å²) in [6.07, 6.45) is 2.30. The van der Waals surface area contributed by atoms with Gasteiger partial charge in [-0.1, -0.05) is 54.6 Å². The lowest BCUT2D eigenvalue weighted by atomic mass is 10.0. The zero-order chi connectivity index (χ0) is 11.7. The molecule has 3 rings (SSSR count). The van der Waals surface area contributed by atoms with E-state index in [2.05, 4.69) is 67.6 Å². The third-order valence-electron chi connectivity index (χ3n) is 3.08. The molecule has 84 valence electrons. The van der Waals surface area contributed by atoms with Crippen molar-refractivity contribution < 1.29 is 0 Å². The van der Waals surface area contributed by atoms with Gasteiger partial charge in [0.15, 0.2) is 0 Å². The number of hydrogen-bond donors (Lipinski definition) is 0. The molecule has 1 atom stereocenters. The molecule has 1 heteroatoms. The minimum atomic E-state index is 0.534. The summed E-state index contributed by atoms with van der Waals surface area (Å²) in [7, 11) is 0. The quantitative estimate of drug-likeness (QED) is 0.674. The molecule has 0 aliphatic carbocycles. The minimum absolute atomic E-state index is 0.534. The van der Waals surface area contributed by atoms with Crippen molar-refractivity contribution in [3.05, 3.63) is 71.3 Å². The molecule has 2 aromatic carbocycles. The van der Waals surface area contributed by atoms with E-state index in [1.165, 1.54) is 21.6 Å². The van der Waals surface area contributed by atoms with Gasteiger partial charge in [-0.2, -0.15) is 0 Å². The van der Waals surface area contributed by atoms with Crippen LogP contribution in [0.15, 0.2) is 54.6 Å². The molecule has 0 saturated carbocycles. The van der Waals surface area contributed by atoms with Crippen LogP contribution >= 0.6 is 11.8 Å². The maximum Gasteiger partial charge on any atom is 0.0322 e. The molecule has 0 radical (unpaired) electrons. The third-order valence-corrected chi connectivity index (χ3v) is 4.30. The Morgan fingerprint density at radius 2 is 1.59 bits per heavy atom. The first-order valence-electron chi connectivity index (χ1n) is 5.87. The molecular weight excluding hydrogens is 224 g/mol. The van der Waals surface area contributed by atoms with Crippen molar-refractivity contribution in [2.75, 3.05) is 0 Å². The fourth-order valence-electron chi connectivity index (χ4n) is 2.20. The van der Waals surface area contributed by atoms with E-state index in [1.54, 1.807) is 0 Å². The van der Waals surface area contributed by atoms with Crippen molar-refractivity contribution in [3.8, 4) is 0 Å². The molecule has 1 aliphatic heterocycles. The average Bonchev–Trinajstić information content (AvgIpc) is 2.40. The molecular formula is C16H14S. The largest absolute Gasteiger partial charge is 0.118 e. The lowest BCUT2D eigenvalue weighted by molar-refractivity contribution is 1.10. The molecule has 0 amide bonds. The van der Waals surface area contributed by atoms with E-state index in [0.717, 1.165) is 0 Å². The highest BCUT2D eigenvalue weighted by molar-refractivity contribution is 8.08. The second-order valence-electron chi connectivity index (χ2n) is 4.26. The van der Waals surface area contributed by atoms with Crippen LogP contribution in [0, 0.1) is 0 Å². The number of hydrogen-bond acceptors (Lipinski definition) is 1. The van der Waals surface area contributed by atoms with Gasteiger partial charge >= 0.3 is 0 Å². The molecule has 2 aromatic rings. The van der Waals surface area contributed by atoms with Gasteiger partial charge in [0.1, 0.15) is 0 Å². The molecule has 0 bridgehead atoms. The van der Waals surface area contributed by atoms with Gasteiger partial charge in [0.05, 0.1) is 0 Å². The van der Waals surface area contributed by atoms with E-state index < -0.39 is 0 Å². The van der Waals surface area contributed by atoms with Crippen LogP contribution in [0.2, 0.25) is 0 Å². The smallest absolute Gasteiger partial charge is 0.0322 e. The maximum atomic E-state index is 2.30. The highest BCUT2D eigenvalue weighted by Crippen LogP contribution is 2.45. The van der Waals surface area contributed by atoms with Crippen LogP contribution < -0.4 is 0 Å². The van der Waals surface area contributed by atoms with E-state index >= 15 is 0 Å². The molecule has 1 heterocycles. The van der Waals surface area contributed by atoms with Crippen molar-refractivity contribution in [2.45, 2.75) is 12.2 Å². The number of rotatable bonds is 1. The van der Waals surface area contributed by atoms with Gasteiger partial charge in [0, 0.05) is 10.2 Å². The Morgan fingerprint density at radius 1 is 0.882 bits per heavy atom. The molecule has 0 fully saturated rings. The second-order valence-corrected chi connectivity index (χ2v) is 5.65. The third kappa shape index (κ3) is 2.03. The Labute approximate surface area is 106 Å². The van der Waals surface area contributed by atoms with Gasteiger partial charge in [-0.25, -0.2) is 0 Å². The zero-order valence-electron chi connectivity index (χ0n) is 9.76. The summed E-state index contributed by atoms with van der Waals surface area (Å²) < 4.78 is 0. The predicted octanol–water partition coefficient (Wildman–Crippen LogP) is 4.99. The first-order valence-corrected chi connectivity index (χ1v) is 6.75. The molecule has 17 heavy (non-hydrogen) atoms. The Kier molecular flexibility index (Phi) is 2.77. The van der Waals surface area contributed by atoms with Crippen LogP contribution in [-0.2, 0) is 0 Å². The molecule has 0 aromatic heterocycles. The van der Waals surface area contributed by atoms with E-state index in [0.29, 0.717) is 5.25 Å². The highest BCUT2D eigenvalue weighted by atomic mass is 32.2. The van der Waals surface area contributed by atoms with Gasteiger partial charge in [0.25, 0.3) is 0 Å². The summed E-state index contributed by atoms with van der Waals surface area (Å²) in [6, 6.07) is 19.3. The first kappa shape index (κ1) is 10.7. The van der Waals surface area contributed by atoms with Crippen LogP contribution in [0.1, 0.15) is 28.9 Å². The Hall–Kier alpha value is -1.47. The topological polar surface area (TPSA) is 0 Å². The van der Waals surface area contributed by atoms with Crippen LogP contribution in [0.4, 0.5) is 0 Å². The summed E-state index contributed by atoms with van der Waals surface area (Å²) in [6.45, 7) is 2.28. The van der Waals surface area contributed by atoms with E-state index in [4.69, 9.17) is 0 Å². The summed E-state index contributed by atoms with van der Waals surface area (Å²) >= 11 is 1.94. The van der Waals surface area contributed by atoms with Gasteiger partial charge in [-0.05, 0) is 29.7 Å². The second kappa shape index (κ2) is 4.42. The highest BCUT2D eigenvalue weighted by Gasteiger charge is 2.18. The fourth-order valence-corrected chi connectivity index (χ4v) is 3.39. The van der Waals surface area contributed by atoms with E-state index in [9.17, 15) is 0 Å². The van der Waals surface area contributed by atoms with Gasteiger partial charge in [-0.3, -0.25) is 0 Å². The Balaban J connectivity index is 2.08. The van der Waals surface area contributed by atoms with Crippen LogP contribution in [0.3, 0.4) is 0 Å². The van der Waals surface area contributed by atoms with Crippen molar-refractivity contribution in [1.29, 1.82) is 0 Å². The minimum Gasteiger partial charge on any atom is -0.118 e. The average molecular weight is 238 g/mol. The Morgan fingerprint density at radius 3 is 2.41 bits per heavy atom. The van der Waals surface area contributed by atoms with Gasteiger partial charge in [0.2, 0.25) is 0 Å². The first-order chi connectivity index (χ1) is 8.34. The lowest BCUT2D eigenvalue weighted by Gasteiger charge is -2.22. The molecule has 0 saturated heterocycles. The summed E-state index contributed by atoms with van der Waals surface area (Å²) in [4.78, 5) is 1.37. The number of thioether (sulfide) groups is 1. The van der Waals surface area contributed by atoms with Crippen molar-refractivity contribution in [2.24, 2.45) is 0 Å². The van der Waals surface area contributed by atoms with Crippen molar-refractivity contribution in [1.82, 2.24) is 0 Å². The monoisotopic (exact) mass is 238 g/mol. The van der Waals surface area contributed by atoms with Crippen LogP contribution in [-0.4, -0.2) is 0 Å². The number of benzene rings is 2. The number of fused-ring (bicyclic) bond motifs is 1. The van der Waals surface area contributed by atoms with Gasteiger partial charge in [-0.15, -0.1) is 11.8 Å². The van der Waals surface area contributed by atoms with Crippen molar-refractivity contribution >= 4 is 22.7 Å². The Bertz CT molecular complexity index is 555. The molecule has 1 unspecified atom stereocenters. The van der Waals surface area contributed by atoms with Crippen LogP contribution in [0.5, 0.6) is 0 Å². The predicted molar refractivity (Wildman–Crippen MR) is 76.8 cm³/mol. The van der Waals surface area contributed by atoms with Crippen molar-refractivity contribution in [3.63, 3.8) is 0 Å². The summed E-state index contributed by atoms with van der Waals surface area (Å²) in [5, 5.41) is 0.534. The SMILES string of the molecule is CC1SC(c2ccccc2)=Cc2ccccc21. The zero-order valence-corrected chi connectivity index (χ0v) is 10.6. The van der Waals surface area contributed by atoms with Gasteiger partial charge < -0.3 is 0 Å². The summed E-state index contributed by atoms with van der Waals surface area (Å²) in [5.41, 5.74) is 4.12. The lowest BCUT2D eigenvalue weighted by Crippen LogP contribution is -1.98. The molecule has 1 aliphatic rings. The fraction of sp³-hybridized carbons (Fsp3) is 0.125. The standard InChI is InChI=1S/C16H14S/c1-12-15-10-6-5-9-14(15)11-16(17-12)13-7-3-2-4-8-13/h2-12H,1H3. The maximum absolute atomic E-state index is 2.30. The molecule has 0 N–H and O–H groups in total. The van der Waals surface area contributed by atoms with Crippen LogP contribution in [0.25, 0.3) is 11.0 Å². The molecule has 0 nitrogen and oxygen atoms in total. The van der Waals surface area contributed by atoms with E-state index in [-0.39, 0.29) is 0 Å². The van der Waals surface area contributed by atoms with E-state index in [1.807, 2.05) is 11.8 Å².